The van der Waals surface area contributed by atoms with E-state index in [0.29, 0.717) is 6.42 Å². The Morgan fingerprint density at radius 1 is 1.06 bits per heavy atom. The number of amides is 1. The number of unbranched alkanes of at least 4 members (excludes halogenated alkanes) is 1. The van der Waals surface area contributed by atoms with Crippen molar-refractivity contribution in [3.05, 3.63) is 84.6 Å². The Morgan fingerprint density at radius 2 is 1.79 bits per heavy atom. The van der Waals surface area contributed by atoms with E-state index in [1.54, 1.807) is 43.6 Å². The predicted molar refractivity (Wildman–Crippen MR) is 137 cm³/mol. The molecule has 1 rings (SSSR count). The van der Waals surface area contributed by atoms with Gasteiger partial charge in [-0.25, -0.2) is 0 Å². The van der Waals surface area contributed by atoms with Gasteiger partial charge in [-0.05, 0) is 26.2 Å². The van der Waals surface area contributed by atoms with Crippen molar-refractivity contribution in [1.29, 1.82) is 0 Å². The van der Waals surface area contributed by atoms with Crippen molar-refractivity contribution in [2.24, 2.45) is 5.92 Å². The van der Waals surface area contributed by atoms with Crippen LogP contribution in [0.2, 0.25) is 0 Å². The number of hydrogen-bond donors (Lipinski definition) is 3. The Labute approximate surface area is 199 Å². The fourth-order valence-electron chi connectivity index (χ4n) is 3.27. The maximum atomic E-state index is 12.4. The number of methoxy groups -OCH3 is 1. The summed E-state index contributed by atoms with van der Waals surface area (Å²) in [4.78, 5) is 12.4. The van der Waals surface area contributed by atoms with Crippen LogP contribution in [0.4, 0.5) is 0 Å². The highest BCUT2D eigenvalue weighted by Crippen LogP contribution is 2.12. The van der Waals surface area contributed by atoms with E-state index in [0.717, 1.165) is 24.8 Å². The first-order chi connectivity index (χ1) is 15.9. The summed E-state index contributed by atoms with van der Waals surface area (Å²) < 4.78 is 5.61. The molecular weight excluding hydrogens is 414 g/mol. The van der Waals surface area contributed by atoms with Gasteiger partial charge in [0.1, 0.15) is 12.2 Å². The zero-order valence-electron chi connectivity index (χ0n) is 20.4. The summed E-state index contributed by atoms with van der Waals surface area (Å²) in [6.07, 6.45) is 25.2. The third-order valence-corrected chi connectivity index (χ3v) is 5.26. The molecule has 1 aliphatic heterocycles. The maximum Gasteiger partial charge on any atom is 0.244 e. The van der Waals surface area contributed by atoms with Gasteiger partial charge in [-0.15, -0.1) is 0 Å². The Bertz CT molecular complexity index is 773. The lowest BCUT2D eigenvalue weighted by Crippen LogP contribution is -2.33. The molecule has 3 N–H and O–H groups in total. The molecule has 0 bridgehead atoms. The molecule has 1 heterocycles. The highest BCUT2D eigenvalue weighted by molar-refractivity contribution is 5.88. The van der Waals surface area contributed by atoms with Gasteiger partial charge in [-0.1, -0.05) is 98.8 Å². The first-order valence-corrected chi connectivity index (χ1v) is 11.8. The maximum absolute atomic E-state index is 12.4. The molecule has 0 radical (unpaired) electrons. The van der Waals surface area contributed by atoms with Gasteiger partial charge in [0.25, 0.3) is 0 Å². The zero-order chi connectivity index (χ0) is 24.5. The monoisotopic (exact) mass is 455 g/mol. The minimum atomic E-state index is -1.02. The van der Waals surface area contributed by atoms with Crippen LogP contribution in [0.5, 0.6) is 0 Å². The lowest BCUT2D eigenvalue weighted by molar-refractivity contribution is -0.117. The summed E-state index contributed by atoms with van der Waals surface area (Å²) in [7, 11) is 1.67. The largest absolute Gasteiger partial charge is 0.386 e. The number of nitrogens with one attached hydrogen (secondary N) is 1. The first-order valence-electron chi connectivity index (χ1n) is 11.8. The number of aliphatic hydroxyl groups excluding tert-OH is 2. The molecule has 0 saturated carbocycles. The van der Waals surface area contributed by atoms with E-state index in [1.807, 2.05) is 25.2 Å². The van der Waals surface area contributed by atoms with Gasteiger partial charge in [-0.2, -0.15) is 0 Å². The van der Waals surface area contributed by atoms with E-state index >= 15 is 0 Å². The average molecular weight is 456 g/mol. The van der Waals surface area contributed by atoms with E-state index < -0.39 is 12.2 Å². The van der Waals surface area contributed by atoms with E-state index in [-0.39, 0.29) is 24.0 Å². The molecule has 182 valence electrons. The summed E-state index contributed by atoms with van der Waals surface area (Å²) in [5.74, 6) is -0.0468. The number of carbonyl (C=O) groups excluding carboxylic acids is 1. The van der Waals surface area contributed by atoms with Crippen molar-refractivity contribution in [2.75, 3.05) is 7.11 Å². The number of carbonyl (C=O) groups is 1. The van der Waals surface area contributed by atoms with Crippen LogP contribution < -0.4 is 5.32 Å². The number of aliphatic hydroxyl groups is 2. The number of ether oxygens (including phenoxy) is 1. The van der Waals surface area contributed by atoms with Gasteiger partial charge in [-0.3, -0.25) is 4.79 Å². The Hall–Kier alpha value is -2.47. The van der Waals surface area contributed by atoms with Crippen LogP contribution in [0.3, 0.4) is 0 Å². The fraction of sp³-hybridized carbons (Fsp3) is 0.464. The second-order valence-corrected chi connectivity index (χ2v) is 8.30. The molecule has 0 fully saturated rings. The Balaban J connectivity index is 3.08. The average Bonchev–Trinajstić information content (AvgIpc) is 2.78. The first kappa shape index (κ1) is 28.6. The van der Waals surface area contributed by atoms with Crippen molar-refractivity contribution in [3.63, 3.8) is 0 Å². The Morgan fingerprint density at radius 3 is 2.52 bits per heavy atom. The molecule has 33 heavy (non-hydrogen) atoms. The molecule has 0 spiro atoms. The van der Waals surface area contributed by atoms with Crippen molar-refractivity contribution < 1.29 is 19.7 Å². The van der Waals surface area contributed by atoms with Crippen molar-refractivity contribution in [2.45, 2.75) is 70.8 Å². The molecular formula is C28H41NO4. The highest BCUT2D eigenvalue weighted by atomic mass is 16.5. The number of hydrogen-bond acceptors (Lipinski definition) is 4. The lowest BCUT2D eigenvalue weighted by atomic mass is 10.0. The van der Waals surface area contributed by atoms with E-state index in [2.05, 4.69) is 37.4 Å². The molecule has 1 aliphatic rings. The quantitative estimate of drug-likeness (QED) is 0.524. The van der Waals surface area contributed by atoms with Crippen molar-refractivity contribution >= 4 is 5.91 Å². The second-order valence-electron chi connectivity index (χ2n) is 8.30. The van der Waals surface area contributed by atoms with Crippen LogP contribution in [-0.4, -0.2) is 47.6 Å². The van der Waals surface area contributed by atoms with Gasteiger partial charge in [0.15, 0.2) is 0 Å². The minimum absolute atomic E-state index is 0.00867. The molecule has 5 nitrogen and oxygen atoms in total. The van der Waals surface area contributed by atoms with E-state index in [9.17, 15) is 15.0 Å². The normalized spacial score (nSPS) is 34.5. The molecule has 5 heteroatoms. The van der Waals surface area contributed by atoms with Crippen LogP contribution >= 0.6 is 0 Å². The van der Waals surface area contributed by atoms with Crippen LogP contribution in [0.25, 0.3) is 0 Å². The second kappa shape index (κ2) is 17.1. The SMILES string of the molecule is CCC/C=C/CC1C/C=C/C(OC)C(C)/C=C/C=C\C(O)C(O)\C=C(C)/C=C/C=C/C(=O)N1. The van der Waals surface area contributed by atoms with E-state index in [1.165, 1.54) is 6.08 Å². The molecule has 5 unspecified atom stereocenters. The summed E-state index contributed by atoms with van der Waals surface area (Å²) in [6.45, 7) is 6.02. The molecule has 0 aliphatic carbocycles. The smallest absolute Gasteiger partial charge is 0.244 e. The van der Waals surface area contributed by atoms with Crippen molar-refractivity contribution in [1.82, 2.24) is 5.32 Å². The summed E-state index contributed by atoms with van der Waals surface area (Å²) in [6, 6.07) is -0.00867. The van der Waals surface area contributed by atoms with Gasteiger partial charge >= 0.3 is 0 Å². The molecule has 1 amide bonds. The molecule has 0 saturated heterocycles. The fourth-order valence-corrected chi connectivity index (χ4v) is 3.27. The molecule has 0 aromatic rings. The molecule has 0 aromatic heterocycles. The third kappa shape index (κ3) is 13.0. The Kier molecular flexibility index (Phi) is 14.8. The van der Waals surface area contributed by atoms with Crippen LogP contribution in [-0.2, 0) is 9.53 Å². The summed E-state index contributed by atoms with van der Waals surface area (Å²) in [5, 5.41) is 23.4. The molecule has 0 aromatic carbocycles. The van der Waals surface area contributed by atoms with Gasteiger partial charge in [0.2, 0.25) is 5.91 Å². The zero-order valence-corrected chi connectivity index (χ0v) is 20.4. The van der Waals surface area contributed by atoms with Crippen LogP contribution in [0.1, 0.15) is 46.5 Å². The standard InChI is InChI=1S/C28H41NO4/c1-5-6-7-8-16-24-17-13-19-27(33-4)23(3)15-10-11-18-25(30)26(31)21-22(2)14-9-12-20-28(32)29-24/h7-15,18-21,23-27,30-31H,5-6,16-17H2,1-4H3,(H,29,32)/b8-7+,14-9+,15-10+,18-11-,19-13+,20-12+,22-21-. The summed E-state index contributed by atoms with van der Waals surface area (Å²) >= 11 is 0. The third-order valence-electron chi connectivity index (χ3n) is 5.26. The number of rotatable bonds is 5. The van der Waals surface area contributed by atoms with Gasteiger partial charge in [0, 0.05) is 25.1 Å². The minimum Gasteiger partial charge on any atom is -0.386 e. The molecule has 5 atom stereocenters. The van der Waals surface area contributed by atoms with Crippen LogP contribution in [0, 0.1) is 5.92 Å². The number of allylic oxidation sites excluding steroid dienone is 7. The van der Waals surface area contributed by atoms with E-state index in [4.69, 9.17) is 4.74 Å². The van der Waals surface area contributed by atoms with Gasteiger partial charge < -0.3 is 20.3 Å². The van der Waals surface area contributed by atoms with Gasteiger partial charge in [0.05, 0.1) is 6.10 Å². The predicted octanol–water partition coefficient (Wildman–Crippen LogP) is 4.72. The summed E-state index contributed by atoms with van der Waals surface area (Å²) in [5.41, 5.74) is 0.783. The topological polar surface area (TPSA) is 78.8 Å². The van der Waals surface area contributed by atoms with Crippen molar-refractivity contribution in [3.8, 4) is 0 Å². The lowest BCUT2D eigenvalue weighted by Gasteiger charge is -2.18. The van der Waals surface area contributed by atoms with Crippen LogP contribution in [0.15, 0.2) is 84.6 Å². The highest BCUT2D eigenvalue weighted by Gasteiger charge is 2.12.